The van der Waals surface area contributed by atoms with E-state index in [1.807, 2.05) is 34.9 Å². The van der Waals surface area contributed by atoms with Crippen molar-refractivity contribution in [3.8, 4) is 5.69 Å². The topological polar surface area (TPSA) is 42.3 Å². The van der Waals surface area contributed by atoms with E-state index in [4.69, 9.17) is 0 Å². The Bertz CT molecular complexity index is 671. The molecule has 0 aliphatic heterocycles. The summed E-state index contributed by atoms with van der Waals surface area (Å²) in [5.41, 5.74) is 0.962. The second-order valence-electron chi connectivity index (χ2n) is 4.68. The standard InChI is InChI=1S/C15H20N2O2S/c1-4-16(5-2)15-11-14(20(3,18)19)12-17(15)13-9-7-6-8-10-13/h6-12H,4-5H2,1-3H3. The molecule has 2 aromatic rings. The van der Waals surface area contributed by atoms with E-state index >= 15 is 0 Å². The molecule has 108 valence electrons. The lowest BCUT2D eigenvalue weighted by molar-refractivity contribution is 0.602. The number of hydrogen-bond donors (Lipinski definition) is 0. The Labute approximate surface area is 120 Å². The highest BCUT2D eigenvalue weighted by Crippen LogP contribution is 2.26. The van der Waals surface area contributed by atoms with Crippen LogP contribution < -0.4 is 4.90 Å². The molecule has 0 unspecified atom stereocenters. The lowest BCUT2D eigenvalue weighted by atomic mass is 10.3. The molecule has 0 fully saturated rings. The smallest absolute Gasteiger partial charge is 0.177 e. The van der Waals surface area contributed by atoms with Crippen molar-refractivity contribution in [1.29, 1.82) is 0 Å². The van der Waals surface area contributed by atoms with Crippen LogP contribution in [0.1, 0.15) is 13.8 Å². The van der Waals surface area contributed by atoms with Gasteiger partial charge in [0.05, 0.1) is 4.90 Å². The Kier molecular flexibility index (Phi) is 4.18. The number of nitrogens with zero attached hydrogens (tertiary/aromatic N) is 2. The third-order valence-electron chi connectivity index (χ3n) is 3.32. The van der Waals surface area contributed by atoms with Crippen molar-refractivity contribution in [3.05, 3.63) is 42.6 Å². The summed E-state index contributed by atoms with van der Waals surface area (Å²) >= 11 is 0. The summed E-state index contributed by atoms with van der Waals surface area (Å²) in [6, 6.07) is 11.5. The van der Waals surface area contributed by atoms with E-state index < -0.39 is 9.84 Å². The minimum atomic E-state index is -3.21. The number of benzene rings is 1. The molecule has 2 rings (SSSR count). The number of hydrogen-bond acceptors (Lipinski definition) is 3. The SMILES string of the molecule is CCN(CC)c1cc(S(C)(=O)=O)cn1-c1ccccc1. The van der Waals surface area contributed by atoms with Crippen LogP contribution in [-0.2, 0) is 9.84 Å². The first-order valence-corrected chi connectivity index (χ1v) is 8.59. The summed E-state index contributed by atoms with van der Waals surface area (Å²) in [7, 11) is -3.21. The Morgan fingerprint density at radius 2 is 1.70 bits per heavy atom. The summed E-state index contributed by atoms with van der Waals surface area (Å²) in [5.74, 6) is 0.904. The van der Waals surface area contributed by atoms with Crippen LogP contribution >= 0.6 is 0 Å². The average molecular weight is 292 g/mol. The number of aromatic nitrogens is 1. The molecule has 0 radical (unpaired) electrons. The van der Waals surface area contributed by atoms with Crippen LogP contribution in [0.3, 0.4) is 0 Å². The number of sulfone groups is 1. The normalized spacial score (nSPS) is 11.6. The van der Waals surface area contributed by atoms with Gasteiger partial charge in [-0.25, -0.2) is 8.42 Å². The summed E-state index contributed by atoms with van der Waals surface area (Å²) < 4.78 is 25.5. The summed E-state index contributed by atoms with van der Waals surface area (Å²) in [5, 5.41) is 0. The molecule has 1 aromatic heterocycles. The molecule has 20 heavy (non-hydrogen) atoms. The van der Waals surface area contributed by atoms with Crippen molar-refractivity contribution in [2.45, 2.75) is 18.7 Å². The number of rotatable bonds is 5. The zero-order chi connectivity index (χ0) is 14.8. The molecular formula is C15H20N2O2S. The lowest BCUT2D eigenvalue weighted by Crippen LogP contribution is -2.24. The van der Waals surface area contributed by atoms with Crippen molar-refractivity contribution in [2.75, 3.05) is 24.2 Å². The Morgan fingerprint density at radius 3 is 2.20 bits per heavy atom. The van der Waals surface area contributed by atoms with Crippen LogP contribution in [0, 0.1) is 0 Å². The first kappa shape index (κ1) is 14.7. The number of anilines is 1. The highest BCUT2D eigenvalue weighted by atomic mass is 32.2. The molecule has 0 saturated heterocycles. The molecule has 0 N–H and O–H groups in total. The largest absolute Gasteiger partial charge is 0.358 e. The van der Waals surface area contributed by atoms with Crippen molar-refractivity contribution in [1.82, 2.24) is 4.57 Å². The minimum absolute atomic E-state index is 0.350. The maximum atomic E-state index is 11.8. The molecular weight excluding hydrogens is 272 g/mol. The van der Waals surface area contributed by atoms with Crippen LogP contribution in [0.5, 0.6) is 0 Å². The fraction of sp³-hybridized carbons (Fsp3) is 0.333. The monoisotopic (exact) mass is 292 g/mol. The van der Waals surface area contributed by atoms with Gasteiger partial charge in [-0.15, -0.1) is 0 Å². The highest BCUT2D eigenvalue weighted by molar-refractivity contribution is 7.90. The molecule has 4 nitrogen and oxygen atoms in total. The van der Waals surface area contributed by atoms with E-state index in [0.29, 0.717) is 4.90 Å². The minimum Gasteiger partial charge on any atom is -0.358 e. The summed E-state index contributed by atoms with van der Waals surface area (Å²) in [4.78, 5) is 2.49. The van der Waals surface area contributed by atoms with Gasteiger partial charge in [0, 0.05) is 31.2 Å². The molecule has 0 aliphatic carbocycles. The van der Waals surface area contributed by atoms with E-state index in [-0.39, 0.29) is 0 Å². The molecule has 5 heteroatoms. The maximum Gasteiger partial charge on any atom is 0.177 e. The van der Waals surface area contributed by atoms with Crippen LogP contribution in [-0.4, -0.2) is 32.3 Å². The molecule has 0 aliphatic rings. The van der Waals surface area contributed by atoms with E-state index in [1.165, 1.54) is 6.26 Å². The predicted molar refractivity (Wildman–Crippen MR) is 82.4 cm³/mol. The van der Waals surface area contributed by atoms with Gasteiger partial charge in [0.2, 0.25) is 0 Å². The van der Waals surface area contributed by atoms with Crippen molar-refractivity contribution >= 4 is 15.7 Å². The van der Waals surface area contributed by atoms with Gasteiger partial charge in [-0.05, 0) is 32.0 Å². The van der Waals surface area contributed by atoms with E-state index in [2.05, 4.69) is 18.7 Å². The van der Waals surface area contributed by atoms with Gasteiger partial charge in [-0.2, -0.15) is 0 Å². The highest BCUT2D eigenvalue weighted by Gasteiger charge is 2.17. The average Bonchev–Trinajstić information content (AvgIpc) is 2.86. The van der Waals surface area contributed by atoms with Crippen LogP contribution in [0.2, 0.25) is 0 Å². The summed E-state index contributed by atoms with van der Waals surface area (Å²) in [6.07, 6.45) is 2.93. The van der Waals surface area contributed by atoms with Gasteiger partial charge < -0.3 is 9.47 Å². The van der Waals surface area contributed by atoms with Gasteiger partial charge >= 0.3 is 0 Å². The van der Waals surface area contributed by atoms with E-state index in [1.54, 1.807) is 12.3 Å². The molecule has 0 bridgehead atoms. The molecule has 0 spiro atoms. The van der Waals surface area contributed by atoms with Crippen molar-refractivity contribution in [2.24, 2.45) is 0 Å². The van der Waals surface area contributed by atoms with Crippen molar-refractivity contribution in [3.63, 3.8) is 0 Å². The second kappa shape index (κ2) is 5.71. The van der Waals surface area contributed by atoms with Gasteiger partial charge in [0.25, 0.3) is 0 Å². The van der Waals surface area contributed by atoms with E-state index in [9.17, 15) is 8.42 Å². The molecule has 0 saturated carbocycles. The van der Waals surface area contributed by atoms with Gasteiger partial charge in [-0.3, -0.25) is 0 Å². The first-order valence-electron chi connectivity index (χ1n) is 6.70. The predicted octanol–water partition coefficient (Wildman–Crippen LogP) is 2.73. The van der Waals surface area contributed by atoms with Gasteiger partial charge in [0.15, 0.2) is 9.84 Å². The fourth-order valence-electron chi connectivity index (χ4n) is 2.22. The second-order valence-corrected chi connectivity index (χ2v) is 6.70. The fourth-order valence-corrected chi connectivity index (χ4v) is 2.83. The van der Waals surface area contributed by atoms with E-state index in [0.717, 1.165) is 24.6 Å². The van der Waals surface area contributed by atoms with Crippen LogP contribution in [0.4, 0.5) is 5.82 Å². The summed E-state index contributed by atoms with van der Waals surface area (Å²) in [6.45, 7) is 5.78. The van der Waals surface area contributed by atoms with Gasteiger partial charge in [0.1, 0.15) is 5.82 Å². The maximum absolute atomic E-state index is 11.8. The lowest BCUT2D eigenvalue weighted by Gasteiger charge is -2.22. The first-order chi connectivity index (χ1) is 9.47. The Balaban J connectivity index is 2.62. The Morgan fingerprint density at radius 1 is 1.10 bits per heavy atom. The third-order valence-corrected chi connectivity index (χ3v) is 4.40. The van der Waals surface area contributed by atoms with Gasteiger partial charge in [-0.1, -0.05) is 18.2 Å². The quantitative estimate of drug-likeness (QED) is 0.851. The van der Waals surface area contributed by atoms with Crippen molar-refractivity contribution < 1.29 is 8.42 Å². The molecule has 0 amide bonds. The molecule has 1 aromatic carbocycles. The molecule has 1 heterocycles. The van der Waals surface area contributed by atoms with Crippen LogP contribution in [0.15, 0.2) is 47.5 Å². The zero-order valence-corrected chi connectivity index (χ0v) is 12.9. The molecule has 0 atom stereocenters. The Hall–Kier alpha value is -1.75. The number of para-hydroxylation sites is 1. The van der Waals surface area contributed by atoms with Crippen LogP contribution in [0.25, 0.3) is 5.69 Å². The third kappa shape index (κ3) is 2.88. The zero-order valence-electron chi connectivity index (χ0n) is 12.1.